The third-order valence-corrected chi connectivity index (χ3v) is 7.07. The van der Waals surface area contributed by atoms with Gasteiger partial charge in [0.15, 0.2) is 0 Å². The second-order valence-electron chi connectivity index (χ2n) is 10.5. The summed E-state index contributed by atoms with van der Waals surface area (Å²) < 4.78 is 11.7. The highest BCUT2D eigenvalue weighted by Gasteiger charge is 2.46. The lowest BCUT2D eigenvalue weighted by atomic mass is 9.94. The van der Waals surface area contributed by atoms with E-state index in [1.165, 1.54) is 0 Å². The van der Waals surface area contributed by atoms with Crippen LogP contribution in [0, 0.1) is 12.8 Å². The number of hydrogen-bond donors (Lipinski definition) is 1. The van der Waals surface area contributed by atoms with Crippen molar-refractivity contribution in [3.8, 4) is 11.5 Å². The number of amides is 1. The van der Waals surface area contributed by atoms with Gasteiger partial charge in [-0.1, -0.05) is 53.2 Å². The summed E-state index contributed by atoms with van der Waals surface area (Å²) >= 11 is 0. The lowest BCUT2D eigenvalue weighted by Crippen LogP contribution is -2.38. The van der Waals surface area contributed by atoms with E-state index in [9.17, 15) is 14.7 Å². The van der Waals surface area contributed by atoms with Crippen LogP contribution in [0.2, 0.25) is 0 Å². The molecule has 7 nitrogen and oxygen atoms in total. The van der Waals surface area contributed by atoms with Gasteiger partial charge in [0.2, 0.25) is 0 Å². The van der Waals surface area contributed by atoms with Gasteiger partial charge in [-0.2, -0.15) is 0 Å². The number of benzene rings is 2. The van der Waals surface area contributed by atoms with Crippen molar-refractivity contribution in [1.29, 1.82) is 0 Å². The molecule has 1 amide bonds. The Balaban J connectivity index is 2.01. The molecule has 1 fully saturated rings. The van der Waals surface area contributed by atoms with Crippen LogP contribution in [-0.2, 0) is 9.59 Å². The number of carbonyl (C=O) groups excluding carboxylic acids is 2. The fraction of sp³-hybridized carbons (Fsp3) is 0.500. The summed E-state index contributed by atoms with van der Waals surface area (Å²) in [5.41, 5.74) is 2.19. The lowest BCUT2D eigenvalue weighted by Gasteiger charge is -2.28. The first-order chi connectivity index (χ1) is 18.7. The number of aliphatic hydroxyl groups excluding tert-OH is 1. The number of ether oxygens (including phenoxy) is 2. The zero-order valence-corrected chi connectivity index (χ0v) is 24.3. The van der Waals surface area contributed by atoms with Crippen molar-refractivity contribution in [3.63, 3.8) is 0 Å². The highest BCUT2D eigenvalue weighted by atomic mass is 16.5. The Morgan fingerprint density at radius 3 is 2.31 bits per heavy atom. The first-order valence-electron chi connectivity index (χ1n) is 14.2. The molecule has 0 aromatic heterocycles. The quantitative estimate of drug-likeness (QED) is 0.139. The summed E-state index contributed by atoms with van der Waals surface area (Å²) in [6.07, 6.45) is 2.01. The zero-order valence-electron chi connectivity index (χ0n) is 24.3. The van der Waals surface area contributed by atoms with E-state index in [0.717, 1.165) is 48.6 Å². The smallest absolute Gasteiger partial charge is 0.295 e. The van der Waals surface area contributed by atoms with Crippen molar-refractivity contribution in [3.05, 3.63) is 64.7 Å². The maximum absolute atomic E-state index is 13.4. The van der Waals surface area contributed by atoms with E-state index in [1.807, 2.05) is 31.2 Å². The Kier molecular flexibility index (Phi) is 11.0. The minimum absolute atomic E-state index is 0.106. The molecule has 7 heteroatoms. The summed E-state index contributed by atoms with van der Waals surface area (Å²) in [5, 5.41) is 11.5. The standard InChI is InChI=1S/C32H44N2O5/c1-7-10-19-38-26-14-11-24(12-15-26)29-28(31(36)32(37)34(29)18-17-33(8-2)9-3)30(35)25-13-16-27(23(6)20-25)39-21-22(4)5/h11-16,20,22,29,35H,7-10,17-19,21H2,1-6H3. The second kappa shape index (κ2) is 14.2. The molecule has 0 radical (unpaired) electrons. The molecule has 1 heterocycles. The third-order valence-electron chi connectivity index (χ3n) is 7.07. The molecule has 1 saturated heterocycles. The molecule has 39 heavy (non-hydrogen) atoms. The average Bonchev–Trinajstić information content (AvgIpc) is 3.18. The molecule has 1 unspecified atom stereocenters. The van der Waals surface area contributed by atoms with Gasteiger partial charge in [0.25, 0.3) is 11.7 Å². The number of aryl methyl sites for hydroxylation is 1. The Morgan fingerprint density at radius 2 is 1.72 bits per heavy atom. The monoisotopic (exact) mass is 536 g/mol. The number of Topliss-reactive ketones (excluding diaryl/α,β-unsaturated/α-hetero) is 1. The molecule has 1 aliphatic heterocycles. The van der Waals surface area contributed by atoms with Crippen LogP contribution in [0.5, 0.6) is 11.5 Å². The largest absolute Gasteiger partial charge is 0.507 e. The van der Waals surface area contributed by atoms with E-state index in [1.54, 1.807) is 23.1 Å². The number of ketones is 1. The number of rotatable bonds is 14. The van der Waals surface area contributed by atoms with Crippen molar-refractivity contribution < 1.29 is 24.2 Å². The van der Waals surface area contributed by atoms with Crippen molar-refractivity contribution in [2.24, 2.45) is 5.92 Å². The lowest BCUT2D eigenvalue weighted by molar-refractivity contribution is -0.140. The van der Waals surface area contributed by atoms with E-state index in [2.05, 4.69) is 39.5 Å². The molecular weight excluding hydrogens is 492 g/mol. The number of likely N-dealkylation sites (N-methyl/N-ethyl adjacent to an activating group) is 1. The SMILES string of the molecule is CCCCOc1ccc(C2C(=C(O)c3ccc(OCC(C)C)c(C)c3)C(=O)C(=O)N2CCN(CC)CC)cc1. The highest BCUT2D eigenvalue weighted by molar-refractivity contribution is 6.46. The number of unbranched alkanes of at least 4 members (excludes halogenated alkanes) is 1. The normalized spacial score (nSPS) is 16.9. The number of hydrogen-bond acceptors (Lipinski definition) is 6. The van der Waals surface area contributed by atoms with Crippen molar-refractivity contribution >= 4 is 17.4 Å². The topological polar surface area (TPSA) is 79.3 Å². The van der Waals surface area contributed by atoms with Gasteiger partial charge in [0, 0.05) is 18.7 Å². The van der Waals surface area contributed by atoms with E-state index >= 15 is 0 Å². The minimum Gasteiger partial charge on any atom is -0.507 e. The number of carbonyl (C=O) groups is 2. The molecule has 2 aromatic carbocycles. The van der Waals surface area contributed by atoms with Crippen LogP contribution in [0.1, 0.15) is 70.2 Å². The van der Waals surface area contributed by atoms with Crippen LogP contribution in [0.4, 0.5) is 0 Å². The van der Waals surface area contributed by atoms with Crippen LogP contribution < -0.4 is 9.47 Å². The summed E-state index contributed by atoms with van der Waals surface area (Å²) in [7, 11) is 0. The van der Waals surface area contributed by atoms with E-state index < -0.39 is 17.7 Å². The van der Waals surface area contributed by atoms with Gasteiger partial charge in [-0.15, -0.1) is 0 Å². The van der Waals surface area contributed by atoms with Crippen LogP contribution >= 0.6 is 0 Å². The van der Waals surface area contributed by atoms with Gasteiger partial charge in [0.05, 0.1) is 24.8 Å². The molecular formula is C32H44N2O5. The first-order valence-corrected chi connectivity index (χ1v) is 14.2. The van der Waals surface area contributed by atoms with Crippen LogP contribution in [0.3, 0.4) is 0 Å². The molecule has 0 spiro atoms. The minimum atomic E-state index is -0.692. The van der Waals surface area contributed by atoms with E-state index in [-0.39, 0.29) is 11.3 Å². The summed E-state index contributed by atoms with van der Waals surface area (Å²) in [6.45, 7) is 16.3. The van der Waals surface area contributed by atoms with Gasteiger partial charge in [-0.25, -0.2) is 0 Å². The summed E-state index contributed by atoms with van der Waals surface area (Å²) in [6, 6.07) is 12.1. The number of nitrogens with zero attached hydrogens (tertiary/aromatic N) is 2. The predicted octanol–water partition coefficient (Wildman–Crippen LogP) is 5.97. The van der Waals surface area contributed by atoms with Crippen LogP contribution in [0.25, 0.3) is 5.76 Å². The maximum atomic E-state index is 13.4. The third kappa shape index (κ3) is 7.41. The fourth-order valence-corrected chi connectivity index (χ4v) is 4.70. The van der Waals surface area contributed by atoms with Gasteiger partial charge >= 0.3 is 0 Å². The summed E-state index contributed by atoms with van der Waals surface area (Å²) in [4.78, 5) is 30.5. The Morgan fingerprint density at radius 1 is 1.03 bits per heavy atom. The number of aliphatic hydroxyl groups is 1. The molecule has 0 bridgehead atoms. The summed E-state index contributed by atoms with van der Waals surface area (Å²) in [5.74, 6) is 0.414. The molecule has 1 atom stereocenters. The Bertz CT molecular complexity index is 1150. The molecule has 3 rings (SSSR count). The maximum Gasteiger partial charge on any atom is 0.295 e. The highest BCUT2D eigenvalue weighted by Crippen LogP contribution is 2.40. The van der Waals surface area contributed by atoms with Crippen LogP contribution in [0.15, 0.2) is 48.0 Å². The van der Waals surface area contributed by atoms with Gasteiger partial charge < -0.3 is 24.4 Å². The van der Waals surface area contributed by atoms with Crippen LogP contribution in [-0.4, -0.2) is 66.0 Å². The molecule has 1 N–H and O–H groups in total. The molecule has 1 aliphatic rings. The average molecular weight is 537 g/mol. The van der Waals surface area contributed by atoms with E-state index in [4.69, 9.17) is 9.47 Å². The first kappa shape index (κ1) is 30.2. The molecule has 0 saturated carbocycles. The van der Waals surface area contributed by atoms with E-state index in [0.29, 0.717) is 37.8 Å². The second-order valence-corrected chi connectivity index (χ2v) is 10.5. The van der Waals surface area contributed by atoms with Crippen molar-refractivity contribution in [2.75, 3.05) is 39.4 Å². The molecule has 212 valence electrons. The predicted molar refractivity (Wildman–Crippen MR) is 155 cm³/mol. The fourth-order valence-electron chi connectivity index (χ4n) is 4.70. The zero-order chi connectivity index (χ0) is 28.5. The molecule has 0 aliphatic carbocycles. The van der Waals surface area contributed by atoms with Gasteiger partial charge in [0.1, 0.15) is 17.3 Å². The van der Waals surface area contributed by atoms with Crippen molar-refractivity contribution in [2.45, 2.75) is 60.4 Å². The Labute approximate surface area is 233 Å². The van der Waals surface area contributed by atoms with Gasteiger partial charge in [-0.3, -0.25) is 9.59 Å². The van der Waals surface area contributed by atoms with Crippen molar-refractivity contribution in [1.82, 2.24) is 9.80 Å². The Hall–Kier alpha value is -3.32. The number of likely N-dealkylation sites (tertiary alicyclic amines) is 1. The molecule has 2 aromatic rings. The van der Waals surface area contributed by atoms with Gasteiger partial charge in [-0.05, 0) is 73.8 Å².